The van der Waals surface area contributed by atoms with Crippen molar-refractivity contribution in [1.29, 1.82) is 0 Å². The molecule has 0 aliphatic heterocycles. The quantitative estimate of drug-likeness (QED) is 0.337. The van der Waals surface area contributed by atoms with E-state index in [2.05, 4.69) is 15.5 Å². The summed E-state index contributed by atoms with van der Waals surface area (Å²) in [5.41, 5.74) is 2.11. The third-order valence-corrected chi connectivity index (χ3v) is 5.50. The van der Waals surface area contributed by atoms with Gasteiger partial charge < -0.3 is 20.1 Å². The van der Waals surface area contributed by atoms with Crippen molar-refractivity contribution in [2.75, 3.05) is 11.9 Å². The minimum Gasteiger partial charge on any atom is -0.479 e. The van der Waals surface area contributed by atoms with Crippen LogP contribution in [0.1, 0.15) is 12.5 Å². The molecule has 0 aliphatic rings. The van der Waals surface area contributed by atoms with Gasteiger partial charge in [-0.1, -0.05) is 59.2 Å². The maximum Gasteiger partial charge on any atom is 0.333 e. The number of carboxylic acid groups (broad SMARTS) is 1. The van der Waals surface area contributed by atoms with Crippen molar-refractivity contribution in [3.63, 3.8) is 0 Å². The summed E-state index contributed by atoms with van der Waals surface area (Å²) >= 11 is 6.67. The van der Waals surface area contributed by atoms with Gasteiger partial charge in [0.1, 0.15) is 0 Å². The molecule has 0 fully saturated rings. The van der Waals surface area contributed by atoms with Crippen molar-refractivity contribution in [1.82, 2.24) is 5.16 Å². The molecule has 1 unspecified atom stereocenters. The molecular weight excluding hydrogens is 430 g/mol. The lowest BCUT2D eigenvalue weighted by atomic mass is 10.0. The van der Waals surface area contributed by atoms with Crippen LogP contribution in [-0.4, -0.2) is 39.7 Å². The van der Waals surface area contributed by atoms with Crippen molar-refractivity contribution in [3.8, 4) is 11.1 Å². The van der Waals surface area contributed by atoms with Crippen LogP contribution in [0.5, 0.6) is 0 Å². The van der Waals surface area contributed by atoms with Crippen LogP contribution in [0.3, 0.4) is 0 Å². The van der Waals surface area contributed by atoms with Crippen LogP contribution in [0, 0.1) is 0 Å². The van der Waals surface area contributed by atoms with Crippen molar-refractivity contribution in [3.05, 3.63) is 77.3 Å². The first-order chi connectivity index (χ1) is 15.4. The molecule has 0 saturated carbocycles. The zero-order valence-corrected chi connectivity index (χ0v) is 17.9. The van der Waals surface area contributed by atoms with Crippen LogP contribution >= 0.6 is 11.6 Å². The monoisotopic (exact) mass is 449 g/mol. The predicted molar refractivity (Wildman–Crippen MR) is 125 cm³/mol. The van der Waals surface area contributed by atoms with Crippen molar-refractivity contribution >= 4 is 46.3 Å². The molecule has 0 amide bonds. The number of carbonyl (C=O) groups is 1. The Labute approximate surface area is 189 Å². The third kappa shape index (κ3) is 4.21. The lowest BCUT2D eigenvalue weighted by Crippen LogP contribution is -2.37. The number of aliphatic imine (C=N–C) groups is 1. The topological polar surface area (TPSA) is 108 Å². The number of aromatic nitrogens is 1. The number of halogens is 1. The van der Waals surface area contributed by atoms with Crippen LogP contribution in [-0.2, 0) is 4.79 Å². The molecule has 32 heavy (non-hydrogen) atoms. The molecule has 162 valence electrons. The molecule has 4 rings (SSSR count). The molecule has 1 aromatic heterocycles. The second kappa shape index (κ2) is 8.82. The molecule has 0 saturated heterocycles. The predicted octanol–water partition coefficient (Wildman–Crippen LogP) is 5.15. The fraction of sp³-hybridized carbons (Fsp3) is 0.125. The Morgan fingerprint density at radius 2 is 1.97 bits per heavy atom. The maximum absolute atomic E-state index is 11.3. The summed E-state index contributed by atoms with van der Waals surface area (Å²) in [5.74, 6) is -0.747. The van der Waals surface area contributed by atoms with Gasteiger partial charge in [-0.15, -0.1) is 0 Å². The zero-order chi connectivity index (χ0) is 22.7. The van der Waals surface area contributed by atoms with Gasteiger partial charge in [-0.25, -0.2) is 4.79 Å². The van der Waals surface area contributed by atoms with E-state index in [4.69, 9.17) is 16.1 Å². The Hall–Kier alpha value is -3.68. The van der Waals surface area contributed by atoms with Crippen LogP contribution < -0.4 is 5.32 Å². The molecule has 3 N–H and O–H groups in total. The number of anilines is 2. The molecule has 1 atom stereocenters. The number of aliphatic hydroxyl groups excluding tert-OH is 1. The van der Waals surface area contributed by atoms with E-state index in [-0.39, 0.29) is 0 Å². The van der Waals surface area contributed by atoms with E-state index in [9.17, 15) is 15.0 Å². The molecule has 3 aromatic carbocycles. The normalized spacial score (nSPS) is 13.3. The highest BCUT2D eigenvalue weighted by Gasteiger charge is 2.31. The summed E-state index contributed by atoms with van der Waals surface area (Å²) in [6, 6.07) is 20.7. The molecular formula is C24H20ClN3O4. The number of hydrogen-bond donors (Lipinski definition) is 3. The molecule has 1 heterocycles. The average molecular weight is 450 g/mol. The molecule has 4 aromatic rings. The van der Waals surface area contributed by atoms with Crippen LogP contribution in [0.25, 0.3) is 22.1 Å². The molecule has 0 aliphatic carbocycles. The number of fused-ring (bicyclic) bond motifs is 1. The van der Waals surface area contributed by atoms with Crippen molar-refractivity contribution in [2.45, 2.75) is 12.5 Å². The van der Waals surface area contributed by atoms with Gasteiger partial charge in [0.2, 0.25) is 0 Å². The molecule has 0 bridgehead atoms. The number of nitrogens with one attached hydrogen (secondary N) is 1. The number of hydrogen-bond acceptors (Lipinski definition) is 6. The first kappa shape index (κ1) is 21.5. The standard InChI is InChI=1S/C24H20ClN3O4/c1-24(14-29,23(30)31)26-13-15-10-11-20-18(12-15)22(28-32-20)27-19-9-5-8-17(21(19)25)16-6-3-2-4-7-16/h2-13,29H,14H2,1H3,(H,27,28)(H,30,31). The number of nitrogens with zero attached hydrogens (tertiary/aromatic N) is 2. The lowest BCUT2D eigenvalue weighted by Gasteiger charge is -2.16. The fourth-order valence-corrected chi connectivity index (χ4v) is 3.39. The number of carboxylic acids is 1. The highest BCUT2D eigenvalue weighted by atomic mass is 35.5. The molecule has 8 heteroatoms. The number of rotatable bonds is 7. The lowest BCUT2D eigenvalue weighted by molar-refractivity contribution is -0.143. The van der Waals surface area contributed by atoms with Gasteiger partial charge in [0.15, 0.2) is 16.9 Å². The van der Waals surface area contributed by atoms with Gasteiger partial charge in [-0.2, -0.15) is 0 Å². The van der Waals surface area contributed by atoms with Crippen molar-refractivity contribution in [2.24, 2.45) is 4.99 Å². The van der Waals surface area contributed by atoms with E-state index < -0.39 is 18.1 Å². The van der Waals surface area contributed by atoms with Gasteiger partial charge in [0.05, 0.1) is 22.7 Å². The van der Waals surface area contributed by atoms with E-state index in [0.717, 1.165) is 11.1 Å². The Balaban J connectivity index is 1.67. The minimum absolute atomic E-state index is 0.463. The summed E-state index contributed by atoms with van der Waals surface area (Å²) in [4.78, 5) is 15.4. The maximum atomic E-state index is 11.3. The Morgan fingerprint density at radius 3 is 2.69 bits per heavy atom. The van der Waals surface area contributed by atoms with Crippen molar-refractivity contribution < 1.29 is 19.5 Å². The summed E-state index contributed by atoms with van der Waals surface area (Å²) in [7, 11) is 0. The summed E-state index contributed by atoms with van der Waals surface area (Å²) in [6.45, 7) is 0.732. The first-order valence-corrected chi connectivity index (χ1v) is 10.2. The van der Waals surface area contributed by atoms with Gasteiger partial charge >= 0.3 is 5.97 Å². The summed E-state index contributed by atoms with van der Waals surface area (Å²) < 4.78 is 5.40. The third-order valence-electron chi connectivity index (χ3n) is 5.10. The number of aliphatic hydroxyl groups is 1. The number of aliphatic carboxylic acids is 1. The van der Waals surface area contributed by atoms with Gasteiger partial charge in [0.25, 0.3) is 0 Å². The van der Waals surface area contributed by atoms with Crippen LogP contribution in [0.4, 0.5) is 11.5 Å². The first-order valence-electron chi connectivity index (χ1n) is 9.81. The molecule has 7 nitrogen and oxygen atoms in total. The van der Waals surface area contributed by atoms with E-state index in [1.807, 2.05) is 48.5 Å². The fourth-order valence-electron chi connectivity index (χ4n) is 3.10. The second-order valence-corrected chi connectivity index (χ2v) is 7.82. The largest absolute Gasteiger partial charge is 0.479 e. The SMILES string of the molecule is CC(CO)(N=Cc1ccc2onc(Nc3cccc(-c4ccccc4)c3Cl)c2c1)C(=O)O. The van der Waals surface area contributed by atoms with Crippen LogP contribution in [0.2, 0.25) is 5.02 Å². The Kier molecular flexibility index (Phi) is 5.94. The molecule has 0 radical (unpaired) electrons. The highest BCUT2D eigenvalue weighted by Crippen LogP contribution is 2.36. The Bertz CT molecular complexity index is 1300. The van der Waals surface area contributed by atoms with E-state index in [1.54, 1.807) is 18.2 Å². The summed E-state index contributed by atoms with van der Waals surface area (Å²) in [6.07, 6.45) is 1.41. The second-order valence-electron chi connectivity index (χ2n) is 7.44. The summed E-state index contributed by atoms with van der Waals surface area (Å²) in [5, 5.41) is 27.2. The van der Waals surface area contributed by atoms with Gasteiger partial charge in [-0.05, 0) is 42.3 Å². The van der Waals surface area contributed by atoms with Crippen LogP contribution in [0.15, 0.2) is 76.2 Å². The average Bonchev–Trinajstić information content (AvgIpc) is 3.21. The number of benzene rings is 3. The van der Waals surface area contributed by atoms with Gasteiger partial charge in [0, 0.05) is 11.8 Å². The van der Waals surface area contributed by atoms with Gasteiger partial charge in [-0.3, -0.25) is 4.99 Å². The smallest absolute Gasteiger partial charge is 0.333 e. The molecule has 0 spiro atoms. The van der Waals surface area contributed by atoms with E-state index in [1.165, 1.54) is 13.1 Å². The van der Waals surface area contributed by atoms with E-state index >= 15 is 0 Å². The zero-order valence-electron chi connectivity index (χ0n) is 17.1. The van der Waals surface area contributed by atoms with E-state index in [0.29, 0.717) is 33.1 Å². The minimum atomic E-state index is -1.61. The highest BCUT2D eigenvalue weighted by molar-refractivity contribution is 6.36. The Morgan fingerprint density at radius 1 is 1.19 bits per heavy atom.